The SMILES string of the molecule is CCNC(Cc1cnccc1N)c1ncccc1Cl. The molecule has 2 rings (SSSR count). The van der Waals surface area contributed by atoms with Crippen molar-refractivity contribution in [2.75, 3.05) is 12.3 Å². The van der Waals surface area contributed by atoms with Gasteiger partial charge in [0.25, 0.3) is 0 Å². The van der Waals surface area contributed by atoms with Gasteiger partial charge in [0.05, 0.1) is 16.8 Å². The Bertz CT molecular complexity index is 544. The third-order valence-electron chi connectivity index (χ3n) is 2.93. The third kappa shape index (κ3) is 3.43. The average molecular weight is 277 g/mol. The standard InChI is InChI=1S/C14H17ClN4/c1-2-18-13(14-11(15)4-3-6-19-14)8-10-9-17-7-5-12(10)16/h3-7,9,13,18H,2,8H2,1H3,(H2,16,17). The van der Waals surface area contributed by atoms with Gasteiger partial charge in [0.15, 0.2) is 0 Å². The number of nitrogens with zero attached hydrogens (tertiary/aromatic N) is 2. The molecule has 19 heavy (non-hydrogen) atoms. The van der Waals surface area contributed by atoms with Crippen LogP contribution in [-0.4, -0.2) is 16.5 Å². The molecule has 4 nitrogen and oxygen atoms in total. The second-order valence-electron chi connectivity index (χ2n) is 4.26. The minimum atomic E-state index is 0.0326. The van der Waals surface area contributed by atoms with Crippen molar-refractivity contribution in [3.05, 3.63) is 53.1 Å². The zero-order valence-corrected chi connectivity index (χ0v) is 11.6. The maximum Gasteiger partial charge on any atom is 0.0762 e. The predicted octanol–water partition coefficient (Wildman–Crippen LogP) is 2.61. The molecule has 0 aromatic carbocycles. The van der Waals surface area contributed by atoms with E-state index in [4.69, 9.17) is 17.3 Å². The van der Waals surface area contributed by atoms with Crippen LogP contribution in [0.2, 0.25) is 5.02 Å². The van der Waals surface area contributed by atoms with Gasteiger partial charge in [0.1, 0.15) is 0 Å². The summed E-state index contributed by atoms with van der Waals surface area (Å²) >= 11 is 6.21. The van der Waals surface area contributed by atoms with Crippen molar-refractivity contribution in [1.82, 2.24) is 15.3 Å². The van der Waals surface area contributed by atoms with E-state index in [1.807, 2.05) is 12.1 Å². The number of nitrogens with one attached hydrogen (secondary N) is 1. The molecular weight excluding hydrogens is 260 g/mol. The number of likely N-dealkylation sites (N-methyl/N-ethyl adjacent to an activating group) is 1. The molecule has 5 heteroatoms. The van der Waals surface area contributed by atoms with E-state index < -0.39 is 0 Å². The Morgan fingerprint density at radius 2 is 2.21 bits per heavy atom. The summed E-state index contributed by atoms with van der Waals surface area (Å²) in [4.78, 5) is 8.48. The molecule has 1 atom stereocenters. The lowest BCUT2D eigenvalue weighted by molar-refractivity contribution is 0.537. The van der Waals surface area contributed by atoms with E-state index in [-0.39, 0.29) is 6.04 Å². The number of aromatic nitrogens is 2. The molecule has 0 radical (unpaired) electrons. The van der Waals surface area contributed by atoms with E-state index in [0.717, 1.165) is 23.5 Å². The van der Waals surface area contributed by atoms with Crippen LogP contribution in [0.25, 0.3) is 0 Å². The minimum Gasteiger partial charge on any atom is -0.398 e. The third-order valence-corrected chi connectivity index (χ3v) is 3.25. The van der Waals surface area contributed by atoms with Crippen molar-refractivity contribution in [2.45, 2.75) is 19.4 Å². The molecule has 0 saturated carbocycles. The molecule has 2 aromatic rings. The number of nitrogens with two attached hydrogens (primary N) is 1. The number of hydrogen-bond acceptors (Lipinski definition) is 4. The first-order valence-corrected chi connectivity index (χ1v) is 6.62. The summed E-state index contributed by atoms with van der Waals surface area (Å²) < 4.78 is 0. The fourth-order valence-electron chi connectivity index (χ4n) is 1.99. The molecule has 3 N–H and O–H groups in total. The number of halogens is 1. The molecule has 0 aliphatic rings. The van der Waals surface area contributed by atoms with Gasteiger partial charge >= 0.3 is 0 Å². The first-order chi connectivity index (χ1) is 9.22. The van der Waals surface area contributed by atoms with Crippen molar-refractivity contribution < 1.29 is 0 Å². The van der Waals surface area contributed by atoms with Crippen LogP contribution in [0.5, 0.6) is 0 Å². The van der Waals surface area contributed by atoms with E-state index >= 15 is 0 Å². The molecule has 2 heterocycles. The van der Waals surface area contributed by atoms with Gasteiger partial charge in [-0.15, -0.1) is 0 Å². The molecule has 2 aromatic heterocycles. The Balaban J connectivity index is 2.27. The Morgan fingerprint density at radius 1 is 1.37 bits per heavy atom. The van der Waals surface area contributed by atoms with Gasteiger partial charge in [-0.25, -0.2) is 0 Å². The van der Waals surface area contributed by atoms with E-state index in [0.29, 0.717) is 11.4 Å². The first-order valence-electron chi connectivity index (χ1n) is 6.24. The van der Waals surface area contributed by atoms with Gasteiger partial charge in [-0.05, 0) is 36.7 Å². The molecule has 0 fully saturated rings. The monoisotopic (exact) mass is 276 g/mol. The molecule has 0 saturated heterocycles. The Morgan fingerprint density at radius 3 is 2.89 bits per heavy atom. The maximum absolute atomic E-state index is 6.21. The van der Waals surface area contributed by atoms with Crippen molar-refractivity contribution in [1.29, 1.82) is 0 Å². The molecule has 0 aliphatic carbocycles. The lowest BCUT2D eigenvalue weighted by Gasteiger charge is -2.19. The van der Waals surface area contributed by atoms with Crippen molar-refractivity contribution in [3.8, 4) is 0 Å². The highest BCUT2D eigenvalue weighted by Gasteiger charge is 2.16. The fraction of sp³-hybridized carbons (Fsp3) is 0.286. The van der Waals surface area contributed by atoms with E-state index in [9.17, 15) is 0 Å². The van der Waals surface area contributed by atoms with E-state index in [2.05, 4.69) is 22.2 Å². The average Bonchev–Trinajstić information content (AvgIpc) is 2.41. The highest BCUT2D eigenvalue weighted by molar-refractivity contribution is 6.31. The number of rotatable bonds is 5. The van der Waals surface area contributed by atoms with E-state index in [1.54, 1.807) is 24.7 Å². The first kappa shape index (κ1) is 13.8. The second-order valence-corrected chi connectivity index (χ2v) is 4.67. The number of nitrogen functional groups attached to an aromatic ring is 1. The van der Waals surface area contributed by atoms with E-state index in [1.165, 1.54) is 0 Å². The number of pyridine rings is 2. The van der Waals surface area contributed by atoms with Crippen LogP contribution in [0.4, 0.5) is 5.69 Å². The quantitative estimate of drug-likeness (QED) is 0.881. The number of anilines is 1. The molecule has 100 valence electrons. The van der Waals surface area contributed by atoms with Crippen LogP contribution in [0.15, 0.2) is 36.8 Å². The van der Waals surface area contributed by atoms with Crippen molar-refractivity contribution in [3.63, 3.8) is 0 Å². The van der Waals surface area contributed by atoms with Crippen molar-refractivity contribution in [2.24, 2.45) is 0 Å². The zero-order valence-electron chi connectivity index (χ0n) is 10.8. The molecule has 0 amide bonds. The maximum atomic E-state index is 6.21. The second kappa shape index (κ2) is 6.50. The van der Waals surface area contributed by atoms with Crippen LogP contribution < -0.4 is 11.1 Å². The Labute approximate surface area is 118 Å². The summed E-state index contributed by atoms with van der Waals surface area (Å²) in [6.07, 6.45) is 5.94. The Kier molecular flexibility index (Phi) is 4.71. The normalized spacial score (nSPS) is 12.3. The molecule has 0 aliphatic heterocycles. The topological polar surface area (TPSA) is 63.8 Å². The van der Waals surface area contributed by atoms with Gasteiger partial charge in [-0.3, -0.25) is 9.97 Å². The van der Waals surface area contributed by atoms with Gasteiger partial charge in [0.2, 0.25) is 0 Å². The number of hydrogen-bond donors (Lipinski definition) is 2. The Hall–Kier alpha value is -1.65. The lowest BCUT2D eigenvalue weighted by atomic mass is 10.0. The molecule has 1 unspecified atom stereocenters. The summed E-state index contributed by atoms with van der Waals surface area (Å²) in [5, 5.41) is 4.05. The largest absolute Gasteiger partial charge is 0.398 e. The highest BCUT2D eigenvalue weighted by atomic mass is 35.5. The molecule has 0 bridgehead atoms. The van der Waals surface area contributed by atoms with Gasteiger partial charge in [0, 0.05) is 24.3 Å². The summed E-state index contributed by atoms with van der Waals surface area (Å²) in [6, 6.07) is 5.51. The molecule has 0 spiro atoms. The predicted molar refractivity (Wildman–Crippen MR) is 78.0 cm³/mol. The minimum absolute atomic E-state index is 0.0326. The van der Waals surface area contributed by atoms with Crippen LogP contribution in [0, 0.1) is 0 Å². The van der Waals surface area contributed by atoms with Crippen LogP contribution in [-0.2, 0) is 6.42 Å². The van der Waals surface area contributed by atoms with Crippen molar-refractivity contribution >= 4 is 17.3 Å². The summed E-state index contributed by atoms with van der Waals surface area (Å²) in [5.41, 5.74) is 8.54. The summed E-state index contributed by atoms with van der Waals surface area (Å²) in [7, 11) is 0. The zero-order chi connectivity index (χ0) is 13.7. The highest BCUT2D eigenvalue weighted by Crippen LogP contribution is 2.25. The van der Waals surface area contributed by atoms with Gasteiger partial charge in [-0.1, -0.05) is 18.5 Å². The van der Waals surface area contributed by atoms with Crippen LogP contribution in [0.1, 0.15) is 24.2 Å². The van der Waals surface area contributed by atoms with Gasteiger partial charge in [-0.2, -0.15) is 0 Å². The van der Waals surface area contributed by atoms with Gasteiger partial charge < -0.3 is 11.1 Å². The summed E-state index contributed by atoms with van der Waals surface area (Å²) in [6.45, 7) is 2.88. The fourth-order valence-corrected chi connectivity index (χ4v) is 2.25. The smallest absolute Gasteiger partial charge is 0.0762 e. The lowest BCUT2D eigenvalue weighted by Crippen LogP contribution is -2.24. The summed E-state index contributed by atoms with van der Waals surface area (Å²) in [5.74, 6) is 0. The molecular formula is C14H17ClN4. The van der Waals surface area contributed by atoms with Crippen LogP contribution >= 0.6 is 11.6 Å². The van der Waals surface area contributed by atoms with Crippen LogP contribution in [0.3, 0.4) is 0 Å².